The first-order valence-electron chi connectivity index (χ1n) is 8.75. The molecule has 144 valence electrons. The molecule has 2 aromatic carbocycles. The highest BCUT2D eigenvalue weighted by atomic mass is 16.2. The van der Waals surface area contributed by atoms with Crippen molar-refractivity contribution in [2.45, 2.75) is 13.8 Å². The minimum Gasteiger partial charge on any atom is -0.326 e. The maximum atomic E-state index is 12.6. The van der Waals surface area contributed by atoms with Crippen LogP contribution in [0.15, 0.2) is 54.6 Å². The number of nitrogens with one attached hydrogen (secondary N) is 3. The molecule has 3 rings (SSSR count). The van der Waals surface area contributed by atoms with Gasteiger partial charge in [0.05, 0.1) is 11.6 Å². The van der Waals surface area contributed by atoms with Crippen LogP contribution >= 0.6 is 0 Å². The van der Waals surface area contributed by atoms with E-state index in [9.17, 15) is 9.59 Å². The molecule has 1 aromatic heterocycles. The second-order valence-electron chi connectivity index (χ2n) is 6.25. The van der Waals surface area contributed by atoms with Crippen molar-refractivity contribution in [3.8, 4) is 6.07 Å². The van der Waals surface area contributed by atoms with Gasteiger partial charge in [0.15, 0.2) is 0 Å². The summed E-state index contributed by atoms with van der Waals surface area (Å²) in [4.78, 5) is 32.2. The van der Waals surface area contributed by atoms with Crippen molar-refractivity contribution in [2.24, 2.45) is 0 Å². The van der Waals surface area contributed by atoms with Crippen LogP contribution in [-0.2, 0) is 4.79 Å². The lowest BCUT2D eigenvalue weighted by molar-refractivity contribution is -0.114. The maximum absolute atomic E-state index is 12.6. The lowest BCUT2D eigenvalue weighted by Gasteiger charge is -2.10. The molecule has 8 nitrogen and oxygen atoms in total. The number of nitrogens with zero attached hydrogens (tertiary/aromatic N) is 3. The van der Waals surface area contributed by atoms with E-state index in [4.69, 9.17) is 5.26 Å². The summed E-state index contributed by atoms with van der Waals surface area (Å²) in [6.07, 6.45) is 0. The minimum absolute atomic E-state index is 0.149. The molecule has 0 fully saturated rings. The summed E-state index contributed by atoms with van der Waals surface area (Å²) in [5.74, 6) is -0.286. The van der Waals surface area contributed by atoms with Gasteiger partial charge in [-0.3, -0.25) is 9.59 Å². The first kappa shape index (κ1) is 19.5. The van der Waals surface area contributed by atoms with Gasteiger partial charge in [0.2, 0.25) is 11.9 Å². The van der Waals surface area contributed by atoms with E-state index < -0.39 is 5.91 Å². The first-order valence-corrected chi connectivity index (χ1v) is 8.75. The molecule has 3 N–H and O–H groups in total. The van der Waals surface area contributed by atoms with Crippen LogP contribution in [0.3, 0.4) is 0 Å². The van der Waals surface area contributed by atoms with Crippen LogP contribution in [0.1, 0.15) is 28.7 Å². The fraction of sp³-hybridized carbons (Fsp3) is 0.0952. The number of carbonyl (C=O) groups is 2. The molecule has 29 heavy (non-hydrogen) atoms. The normalized spacial score (nSPS) is 9.97. The lowest BCUT2D eigenvalue weighted by atomic mass is 10.2. The number of aryl methyl sites for hydroxylation is 1. The monoisotopic (exact) mass is 386 g/mol. The van der Waals surface area contributed by atoms with Gasteiger partial charge in [-0.25, -0.2) is 9.97 Å². The van der Waals surface area contributed by atoms with E-state index in [0.717, 1.165) is 0 Å². The third-order valence-corrected chi connectivity index (χ3v) is 3.80. The molecule has 3 aromatic rings. The molecule has 0 unspecified atom stereocenters. The van der Waals surface area contributed by atoms with Gasteiger partial charge < -0.3 is 16.0 Å². The molecule has 2 amide bonds. The Morgan fingerprint density at radius 3 is 2.34 bits per heavy atom. The first-order chi connectivity index (χ1) is 13.9. The molecule has 0 bridgehead atoms. The van der Waals surface area contributed by atoms with E-state index in [1.807, 2.05) is 6.07 Å². The van der Waals surface area contributed by atoms with Gasteiger partial charge in [0.1, 0.15) is 5.69 Å². The van der Waals surface area contributed by atoms with Crippen molar-refractivity contribution >= 4 is 34.8 Å². The van der Waals surface area contributed by atoms with E-state index in [2.05, 4.69) is 25.9 Å². The SMILES string of the molecule is CC(=O)Nc1ccc(Nc2nc(C)cc(C(=O)Nc3cccc(C#N)c3)n2)cc1. The predicted molar refractivity (Wildman–Crippen MR) is 110 cm³/mol. The molecule has 0 radical (unpaired) electrons. The fourth-order valence-corrected chi connectivity index (χ4v) is 2.57. The fourth-order valence-electron chi connectivity index (χ4n) is 2.57. The topological polar surface area (TPSA) is 120 Å². The summed E-state index contributed by atoms with van der Waals surface area (Å²) in [6.45, 7) is 3.20. The van der Waals surface area contributed by atoms with Crippen LogP contribution in [0, 0.1) is 18.3 Å². The number of hydrogen-bond acceptors (Lipinski definition) is 6. The number of hydrogen-bond donors (Lipinski definition) is 3. The number of aromatic nitrogens is 2. The highest BCUT2D eigenvalue weighted by Crippen LogP contribution is 2.18. The average Bonchev–Trinajstić information content (AvgIpc) is 2.69. The Hall–Kier alpha value is -4.25. The molecular weight excluding hydrogens is 368 g/mol. The van der Waals surface area contributed by atoms with Crippen molar-refractivity contribution in [2.75, 3.05) is 16.0 Å². The van der Waals surface area contributed by atoms with E-state index in [-0.39, 0.29) is 17.5 Å². The van der Waals surface area contributed by atoms with Crippen LogP contribution < -0.4 is 16.0 Å². The zero-order chi connectivity index (χ0) is 20.8. The van der Waals surface area contributed by atoms with Crippen LogP contribution in [0.2, 0.25) is 0 Å². The van der Waals surface area contributed by atoms with Gasteiger partial charge in [-0.05, 0) is 55.5 Å². The smallest absolute Gasteiger partial charge is 0.274 e. The molecule has 0 aliphatic heterocycles. The Kier molecular flexibility index (Phi) is 5.80. The van der Waals surface area contributed by atoms with E-state index in [1.54, 1.807) is 61.5 Å². The maximum Gasteiger partial charge on any atom is 0.274 e. The van der Waals surface area contributed by atoms with Gasteiger partial charge in [-0.15, -0.1) is 0 Å². The van der Waals surface area contributed by atoms with Crippen LogP contribution in [0.25, 0.3) is 0 Å². The Morgan fingerprint density at radius 2 is 1.66 bits per heavy atom. The van der Waals surface area contributed by atoms with Gasteiger partial charge in [0.25, 0.3) is 5.91 Å². The molecule has 0 saturated carbocycles. The molecule has 0 spiro atoms. The Morgan fingerprint density at radius 1 is 0.931 bits per heavy atom. The van der Waals surface area contributed by atoms with E-state index >= 15 is 0 Å². The van der Waals surface area contributed by atoms with Crippen LogP contribution in [0.5, 0.6) is 0 Å². The molecule has 8 heteroatoms. The number of benzene rings is 2. The van der Waals surface area contributed by atoms with Crippen molar-refractivity contribution in [3.63, 3.8) is 0 Å². The molecule has 0 atom stereocenters. The van der Waals surface area contributed by atoms with E-state index in [0.29, 0.717) is 28.3 Å². The van der Waals surface area contributed by atoms with Crippen molar-refractivity contribution in [3.05, 3.63) is 71.5 Å². The molecular formula is C21H18N6O2. The number of amides is 2. The summed E-state index contributed by atoms with van der Waals surface area (Å²) in [7, 11) is 0. The second-order valence-corrected chi connectivity index (χ2v) is 6.25. The average molecular weight is 386 g/mol. The zero-order valence-corrected chi connectivity index (χ0v) is 15.9. The van der Waals surface area contributed by atoms with Crippen molar-refractivity contribution < 1.29 is 9.59 Å². The summed E-state index contributed by atoms with van der Waals surface area (Å²) in [6, 6.07) is 17.3. The standard InChI is InChI=1S/C21H18N6O2/c1-13-10-19(20(29)25-18-5-3-4-15(11-18)12-22)27-21(23-13)26-17-8-6-16(7-9-17)24-14(2)28/h3-11H,1-2H3,(H,24,28)(H,25,29)(H,23,26,27). The van der Waals surface area contributed by atoms with E-state index in [1.165, 1.54) is 6.92 Å². The molecule has 1 heterocycles. The summed E-state index contributed by atoms with van der Waals surface area (Å²) in [5.41, 5.74) is 3.15. The Labute approximate surface area is 167 Å². The van der Waals surface area contributed by atoms with Crippen LogP contribution in [0.4, 0.5) is 23.0 Å². The van der Waals surface area contributed by atoms with Gasteiger partial charge in [0, 0.05) is 29.7 Å². The number of carbonyl (C=O) groups excluding carboxylic acids is 2. The Bertz CT molecular complexity index is 1100. The molecule has 0 aliphatic carbocycles. The van der Waals surface area contributed by atoms with Crippen molar-refractivity contribution in [1.29, 1.82) is 5.26 Å². The summed E-state index contributed by atoms with van der Waals surface area (Å²) >= 11 is 0. The van der Waals surface area contributed by atoms with Gasteiger partial charge in [-0.1, -0.05) is 6.07 Å². The number of nitriles is 1. The second kappa shape index (κ2) is 8.63. The molecule has 0 saturated heterocycles. The van der Waals surface area contributed by atoms with Crippen molar-refractivity contribution in [1.82, 2.24) is 9.97 Å². The molecule has 0 aliphatic rings. The largest absolute Gasteiger partial charge is 0.326 e. The third kappa shape index (κ3) is 5.37. The predicted octanol–water partition coefficient (Wildman–Crippen LogP) is 3.61. The summed E-state index contributed by atoms with van der Waals surface area (Å²) < 4.78 is 0. The lowest BCUT2D eigenvalue weighted by Crippen LogP contribution is -2.15. The van der Waals surface area contributed by atoms with Crippen LogP contribution in [-0.4, -0.2) is 21.8 Å². The summed E-state index contributed by atoms with van der Waals surface area (Å²) in [5, 5.41) is 17.4. The number of anilines is 4. The number of rotatable bonds is 5. The third-order valence-electron chi connectivity index (χ3n) is 3.80. The minimum atomic E-state index is -0.408. The van der Waals surface area contributed by atoms with Gasteiger partial charge >= 0.3 is 0 Å². The van der Waals surface area contributed by atoms with Gasteiger partial charge in [-0.2, -0.15) is 5.26 Å². The quantitative estimate of drug-likeness (QED) is 0.616. The highest BCUT2D eigenvalue weighted by molar-refractivity contribution is 6.03. The zero-order valence-electron chi connectivity index (χ0n) is 15.9. The highest BCUT2D eigenvalue weighted by Gasteiger charge is 2.12. The Balaban J connectivity index is 1.76.